The molecule has 0 fully saturated rings. The number of ether oxygens (including phenoxy) is 4. The Balaban J connectivity index is 0.000000240. The van der Waals surface area contributed by atoms with E-state index in [0.717, 1.165) is 66.5 Å². The molecule has 382 valence electrons. The minimum Gasteiger partial charge on any atom is -0.482 e. The number of alkyl halides is 3. The first kappa shape index (κ1) is 54.9. The third-order valence-corrected chi connectivity index (χ3v) is 14.3. The smallest absolute Gasteiger partial charge is 0.416 e. The van der Waals surface area contributed by atoms with Crippen LogP contribution in [0.5, 0.6) is 11.5 Å². The number of rotatable bonds is 13. The number of halogens is 4. The van der Waals surface area contributed by atoms with E-state index >= 15 is 0 Å². The maximum atomic E-state index is 13.3. The van der Waals surface area contributed by atoms with Crippen molar-refractivity contribution in [2.75, 3.05) is 13.2 Å². The second kappa shape index (κ2) is 23.0. The number of nitrogens with zero attached hydrogens (tertiary/aromatic N) is 2. The number of nitrogens with one attached hydrogen (secondary N) is 2. The molecule has 0 bridgehead atoms. The molecule has 0 radical (unpaired) electrons. The summed E-state index contributed by atoms with van der Waals surface area (Å²) in [5.41, 5.74) is 1.96. The van der Waals surface area contributed by atoms with E-state index in [-0.39, 0.29) is 28.8 Å². The number of benzene rings is 3. The lowest BCUT2D eigenvalue weighted by atomic mass is 9.99. The number of carbonyl (C=O) groups excluding carboxylic acids is 2. The fourth-order valence-electron chi connectivity index (χ4n) is 8.10. The zero-order valence-corrected chi connectivity index (χ0v) is 43.5. The number of fused-ring (bicyclic) bond motifs is 2. The molecule has 3 aromatic carbocycles. The maximum absolute atomic E-state index is 13.3. The normalized spacial score (nSPS) is 16.4. The van der Waals surface area contributed by atoms with Gasteiger partial charge in [0.2, 0.25) is 0 Å². The van der Waals surface area contributed by atoms with Gasteiger partial charge in [0.15, 0.2) is 23.3 Å². The lowest BCUT2D eigenvalue weighted by Gasteiger charge is -2.22. The van der Waals surface area contributed by atoms with Crippen LogP contribution < -0.4 is 18.9 Å². The fraction of sp³-hybridized carbons (Fsp3) is 0.412. The predicted octanol–water partition coefficient (Wildman–Crippen LogP) is 10.5. The van der Waals surface area contributed by atoms with Gasteiger partial charge in [0, 0.05) is 34.5 Å². The van der Waals surface area contributed by atoms with Crippen LogP contribution in [-0.2, 0) is 58.1 Å². The lowest BCUT2D eigenvalue weighted by molar-refractivity contribution is -0.158. The molecule has 71 heavy (non-hydrogen) atoms. The van der Waals surface area contributed by atoms with Crippen LogP contribution in [0.2, 0.25) is 0 Å². The second-order valence-corrected chi connectivity index (χ2v) is 23.3. The van der Waals surface area contributed by atoms with Crippen molar-refractivity contribution in [3.8, 4) is 22.6 Å². The van der Waals surface area contributed by atoms with E-state index in [1.165, 1.54) is 42.7 Å². The number of hydrogen-bond donors (Lipinski definition) is 2. The van der Waals surface area contributed by atoms with Gasteiger partial charge in [-0.05, 0) is 172 Å². The Morgan fingerprint density at radius 2 is 1.08 bits per heavy atom. The molecule has 14 nitrogen and oxygen atoms in total. The highest BCUT2D eigenvalue weighted by Gasteiger charge is 2.32. The Labute approximate surface area is 421 Å². The Bertz CT molecular complexity index is 2890. The first-order chi connectivity index (χ1) is 33.3. The van der Waals surface area contributed by atoms with Gasteiger partial charge in [0.25, 0.3) is 20.0 Å². The molecular formula is C51H58BrF3N4O10S2. The minimum atomic E-state index is -4.49. The van der Waals surface area contributed by atoms with Crippen molar-refractivity contribution in [1.82, 2.24) is 19.4 Å². The van der Waals surface area contributed by atoms with Gasteiger partial charge < -0.3 is 18.9 Å². The molecule has 2 N–H and O–H groups in total. The van der Waals surface area contributed by atoms with E-state index in [1.54, 1.807) is 65.8 Å². The number of esters is 2. The summed E-state index contributed by atoms with van der Waals surface area (Å²) < 4.78 is 120. The number of pyridine rings is 2. The first-order valence-corrected chi connectivity index (χ1v) is 26.8. The number of sulfonamides is 2. The first-order valence-electron chi connectivity index (χ1n) is 23.0. The quantitative estimate of drug-likeness (QED) is 0.0840. The van der Waals surface area contributed by atoms with Crippen LogP contribution in [0.3, 0.4) is 0 Å². The van der Waals surface area contributed by atoms with Crippen LogP contribution in [0.25, 0.3) is 11.1 Å². The summed E-state index contributed by atoms with van der Waals surface area (Å²) in [6, 6.07) is 20.5. The molecule has 2 atom stereocenters. The lowest BCUT2D eigenvalue weighted by Crippen LogP contribution is -2.30. The fourth-order valence-corrected chi connectivity index (χ4v) is 10.7. The predicted molar refractivity (Wildman–Crippen MR) is 263 cm³/mol. The van der Waals surface area contributed by atoms with E-state index in [4.69, 9.17) is 18.9 Å². The van der Waals surface area contributed by atoms with E-state index in [9.17, 15) is 39.6 Å². The molecule has 5 aromatic rings. The van der Waals surface area contributed by atoms with Gasteiger partial charge in [0.1, 0.15) is 22.7 Å². The van der Waals surface area contributed by atoms with Crippen molar-refractivity contribution in [1.29, 1.82) is 0 Å². The zero-order chi connectivity index (χ0) is 51.8. The summed E-state index contributed by atoms with van der Waals surface area (Å²) in [5.74, 6) is 0.127. The molecular weight excluding hydrogens is 1030 g/mol. The maximum Gasteiger partial charge on any atom is 0.416 e. The van der Waals surface area contributed by atoms with Crippen molar-refractivity contribution in [3.63, 3.8) is 0 Å². The molecule has 2 unspecified atom stereocenters. The van der Waals surface area contributed by atoms with Crippen molar-refractivity contribution in [2.45, 2.75) is 132 Å². The van der Waals surface area contributed by atoms with Crippen molar-refractivity contribution < 1.29 is 58.5 Å². The van der Waals surface area contributed by atoms with Crippen LogP contribution in [0.4, 0.5) is 13.2 Å². The standard InChI is InChI=1S/C29H31F3N2O5S.C22H27BrN2O5S/c1-28(2,3)39-27(35)18-38-25-13-7-11-22-23(25)10-4-5-12-24(22)34-40(36,37)26-15-14-20(17-33-26)19-8-6-9-21(16-19)29(30,31)32;1-22(2,3)30-21(26)14-29-19-10-6-8-16-17(19)7-4-5-9-18(16)25-31(27,28)20-12-11-15(23)13-24-20/h6-9,11,13-17,24,34H,4-5,10,12,18H2,1-3H3;6,8,10-13,18,25H,4-5,7,9,14H2,1-3H3. The molecule has 2 aromatic heterocycles. The van der Waals surface area contributed by atoms with E-state index < -0.39 is 67.0 Å². The highest BCUT2D eigenvalue weighted by atomic mass is 79.9. The summed E-state index contributed by atoms with van der Waals surface area (Å²) in [4.78, 5) is 32.3. The summed E-state index contributed by atoms with van der Waals surface area (Å²) in [6.45, 7) is 10.2. The summed E-state index contributed by atoms with van der Waals surface area (Å²) in [5, 5.41) is -0.273. The molecule has 0 saturated heterocycles. The number of hydrogen-bond acceptors (Lipinski definition) is 12. The van der Waals surface area contributed by atoms with Crippen LogP contribution in [-0.4, -0.2) is 63.2 Å². The molecule has 2 aliphatic carbocycles. The van der Waals surface area contributed by atoms with Gasteiger partial charge in [-0.2, -0.15) is 13.2 Å². The molecule has 7 rings (SSSR count). The molecule has 0 saturated carbocycles. The van der Waals surface area contributed by atoms with Gasteiger partial charge in [-0.3, -0.25) is 0 Å². The molecule has 20 heteroatoms. The SMILES string of the molecule is CC(C)(C)OC(=O)COc1cccc2c1CCCCC2NS(=O)(=O)c1ccc(-c2cccc(C(F)(F)F)c2)cn1.CC(C)(C)OC(=O)COc1cccc2c1CCCCC2NS(=O)(=O)c1ccc(Br)cn1. The summed E-state index contributed by atoms with van der Waals surface area (Å²) in [7, 11) is -7.86. The Kier molecular flexibility index (Phi) is 17.8. The second-order valence-electron chi connectivity index (χ2n) is 19.0. The minimum absolute atomic E-state index is 0.0289. The highest BCUT2D eigenvalue weighted by Crippen LogP contribution is 2.38. The molecule has 0 aliphatic heterocycles. The summed E-state index contributed by atoms with van der Waals surface area (Å²) in [6.07, 6.45) is 4.14. The average molecular weight is 1090 g/mol. The van der Waals surface area contributed by atoms with Gasteiger partial charge in [0.05, 0.1) is 5.56 Å². The monoisotopic (exact) mass is 1090 g/mol. The van der Waals surface area contributed by atoms with Gasteiger partial charge in [-0.25, -0.2) is 45.8 Å². The van der Waals surface area contributed by atoms with E-state index in [1.807, 2.05) is 18.2 Å². The average Bonchev–Trinajstić information content (AvgIpc) is 3.62. The summed E-state index contributed by atoms with van der Waals surface area (Å²) >= 11 is 3.27. The Hall–Kier alpha value is -5.41. The van der Waals surface area contributed by atoms with Crippen LogP contribution >= 0.6 is 15.9 Å². The number of aromatic nitrogens is 2. The third kappa shape index (κ3) is 15.8. The topological polar surface area (TPSA) is 189 Å². The van der Waals surface area contributed by atoms with Gasteiger partial charge in [-0.15, -0.1) is 0 Å². The Morgan fingerprint density at radius 1 is 0.620 bits per heavy atom. The van der Waals surface area contributed by atoms with Crippen molar-refractivity contribution >= 4 is 47.9 Å². The van der Waals surface area contributed by atoms with Gasteiger partial charge >= 0.3 is 18.1 Å². The molecule has 2 aliphatic rings. The highest BCUT2D eigenvalue weighted by molar-refractivity contribution is 9.10. The largest absolute Gasteiger partial charge is 0.482 e. The molecule has 0 spiro atoms. The van der Waals surface area contributed by atoms with Crippen molar-refractivity contribution in [2.24, 2.45) is 0 Å². The van der Waals surface area contributed by atoms with Crippen LogP contribution in [0.15, 0.2) is 112 Å². The van der Waals surface area contributed by atoms with Crippen LogP contribution in [0, 0.1) is 0 Å². The van der Waals surface area contributed by atoms with E-state index in [0.29, 0.717) is 40.8 Å². The molecule has 2 heterocycles. The zero-order valence-electron chi connectivity index (χ0n) is 40.3. The third-order valence-electron chi connectivity index (χ3n) is 11.1. The Morgan fingerprint density at radius 3 is 1.51 bits per heavy atom. The molecule has 0 amide bonds. The van der Waals surface area contributed by atoms with Crippen LogP contribution in [0.1, 0.15) is 120 Å². The number of carbonyl (C=O) groups is 2. The van der Waals surface area contributed by atoms with Crippen molar-refractivity contribution in [3.05, 3.63) is 130 Å². The van der Waals surface area contributed by atoms with E-state index in [2.05, 4.69) is 35.3 Å². The van der Waals surface area contributed by atoms with Gasteiger partial charge in [-0.1, -0.05) is 49.2 Å².